The number of hydrogen-bond donors (Lipinski definition) is 1. The second-order valence-corrected chi connectivity index (χ2v) is 4.04. The van der Waals surface area contributed by atoms with E-state index < -0.39 is 0 Å². The van der Waals surface area contributed by atoms with Gasteiger partial charge in [-0.2, -0.15) is 0 Å². The summed E-state index contributed by atoms with van der Waals surface area (Å²) < 4.78 is 4.97. The van der Waals surface area contributed by atoms with Gasteiger partial charge < -0.3 is 15.0 Å². The SMILES string of the molecule is COCCNC(C)(C)CN(C)C. The van der Waals surface area contributed by atoms with Gasteiger partial charge in [-0.15, -0.1) is 0 Å². The molecule has 3 heteroatoms. The number of rotatable bonds is 6. The maximum atomic E-state index is 4.97. The molecular weight excluding hydrogens is 152 g/mol. The summed E-state index contributed by atoms with van der Waals surface area (Å²) in [6.07, 6.45) is 0. The molecule has 0 aromatic rings. The monoisotopic (exact) mass is 174 g/mol. The van der Waals surface area contributed by atoms with E-state index >= 15 is 0 Å². The van der Waals surface area contributed by atoms with Crippen molar-refractivity contribution in [3.8, 4) is 0 Å². The van der Waals surface area contributed by atoms with Crippen molar-refractivity contribution < 1.29 is 4.74 Å². The van der Waals surface area contributed by atoms with E-state index in [0.717, 1.165) is 19.7 Å². The summed E-state index contributed by atoms with van der Waals surface area (Å²) in [5, 5.41) is 3.42. The highest BCUT2D eigenvalue weighted by Crippen LogP contribution is 2.01. The molecule has 3 nitrogen and oxygen atoms in total. The molecule has 12 heavy (non-hydrogen) atoms. The summed E-state index contributed by atoms with van der Waals surface area (Å²) in [6.45, 7) is 7.12. The van der Waals surface area contributed by atoms with Crippen molar-refractivity contribution >= 4 is 0 Å². The Morgan fingerprint density at radius 3 is 2.33 bits per heavy atom. The van der Waals surface area contributed by atoms with Gasteiger partial charge in [-0.1, -0.05) is 0 Å². The van der Waals surface area contributed by atoms with E-state index in [2.05, 4.69) is 38.2 Å². The molecule has 0 aliphatic heterocycles. The Morgan fingerprint density at radius 2 is 1.92 bits per heavy atom. The van der Waals surface area contributed by atoms with E-state index in [1.165, 1.54) is 0 Å². The van der Waals surface area contributed by atoms with Crippen LogP contribution in [0, 0.1) is 0 Å². The molecule has 0 spiro atoms. The molecule has 0 rings (SSSR count). The minimum Gasteiger partial charge on any atom is -0.383 e. The van der Waals surface area contributed by atoms with Gasteiger partial charge in [0.25, 0.3) is 0 Å². The van der Waals surface area contributed by atoms with Crippen molar-refractivity contribution in [2.24, 2.45) is 0 Å². The number of nitrogens with one attached hydrogen (secondary N) is 1. The first-order valence-corrected chi connectivity index (χ1v) is 4.36. The van der Waals surface area contributed by atoms with Gasteiger partial charge in [-0.3, -0.25) is 0 Å². The lowest BCUT2D eigenvalue weighted by Crippen LogP contribution is -2.48. The van der Waals surface area contributed by atoms with E-state index in [9.17, 15) is 0 Å². The van der Waals surface area contributed by atoms with Crippen molar-refractivity contribution in [1.29, 1.82) is 0 Å². The zero-order valence-corrected chi connectivity index (χ0v) is 8.98. The Morgan fingerprint density at radius 1 is 1.33 bits per heavy atom. The second kappa shape index (κ2) is 5.51. The van der Waals surface area contributed by atoms with Crippen LogP contribution in [-0.4, -0.2) is 51.3 Å². The van der Waals surface area contributed by atoms with Gasteiger partial charge in [0.15, 0.2) is 0 Å². The minimum absolute atomic E-state index is 0.169. The highest BCUT2D eigenvalue weighted by molar-refractivity contribution is 4.79. The fraction of sp³-hybridized carbons (Fsp3) is 1.00. The predicted molar refractivity (Wildman–Crippen MR) is 52.5 cm³/mol. The Kier molecular flexibility index (Phi) is 5.46. The van der Waals surface area contributed by atoms with E-state index in [-0.39, 0.29) is 5.54 Å². The Balaban J connectivity index is 3.56. The minimum atomic E-state index is 0.169. The lowest BCUT2D eigenvalue weighted by molar-refractivity contribution is 0.180. The van der Waals surface area contributed by atoms with Crippen molar-refractivity contribution in [3.05, 3.63) is 0 Å². The zero-order valence-electron chi connectivity index (χ0n) is 8.98. The van der Waals surface area contributed by atoms with Crippen molar-refractivity contribution in [1.82, 2.24) is 10.2 Å². The van der Waals surface area contributed by atoms with Crippen LogP contribution >= 0.6 is 0 Å². The van der Waals surface area contributed by atoms with E-state index in [1.807, 2.05) is 0 Å². The third-order valence-electron chi connectivity index (χ3n) is 1.62. The van der Waals surface area contributed by atoms with Crippen LogP contribution in [-0.2, 0) is 4.74 Å². The fourth-order valence-electron chi connectivity index (χ4n) is 1.34. The first kappa shape index (κ1) is 11.9. The number of likely N-dealkylation sites (N-methyl/N-ethyl adjacent to an activating group) is 1. The van der Waals surface area contributed by atoms with Crippen LogP contribution in [0.2, 0.25) is 0 Å². The zero-order chi connectivity index (χ0) is 9.61. The summed E-state index contributed by atoms with van der Waals surface area (Å²) in [4.78, 5) is 2.18. The van der Waals surface area contributed by atoms with Crippen LogP contribution in [0.25, 0.3) is 0 Å². The molecule has 0 atom stereocenters. The number of nitrogens with zero attached hydrogens (tertiary/aromatic N) is 1. The number of ether oxygens (including phenoxy) is 1. The van der Waals surface area contributed by atoms with Crippen LogP contribution in [0.3, 0.4) is 0 Å². The third-order valence-corrected chi connectivity index (χ3v) is 1.62. The van der Waals surface area contributed by atoms with Gasteiger partial charge in [0.1, 0.15) is 0 Å². The Bertz CT molecular complexity index is 113. The predicted octanol–water partition coefficient (Wildman–Crippen LogP) is 0.563. The smallest absolute Gasteiger partial charge is 0.0587 e. The van der Waals surface area contributed by atoms with Crippen molar-refractivity contribution in [3.63, 3.8) is 0 Å². The van der Waals surface area contributed by atoms with Crippen LogP contribution < -0.4 is 5.32 Å². The summed E-state index contributed by atoms with van der Waals surface area (Å²) in [7, 11) is 5.89. The largest absolute Gasteiger partial charge is 0.383 e. The highest BCUT2D eigenvalue weighted by atomic mass is 16.5. The molecule has 0 fully saturated rings. The molecular formula is C9H22N2O. The second-order valence-electron chi connectivity index (χ2n) is 4.04. The first-order valence-electron chi connectivity index (χ1n) is 4.36. The average Bonchev–Trinajstić information content (AvgIpc) is 1.84. The van der Waals surface area contributed by atoms with Gasteiger partial charge >= 0.3 is 0 Å². The lowest BCUT2D eigenvalue weighted by atomic mass is 10.1. The molecule has 0 heterocycles. The van der Waals surface area contributed by atoms with Crippen LogP contribution in [0.1, 0.15) is 13.8 Å². The topological polar surface area (TPSA) is 24.5 Å². The molecule has 0 bridgehead atoms. The molecule has 0 saturated carbocycles. The van der Waals surface area contributed by atoms with Crippen LogP contribution in [0.15, 0.2) is 0 Å². The van der Waals surface area contributed by atoms with Gasteiger partial charge in [0, 0.05) is 25.7 Å². The van der Waals surface area contributed by atoms with Crippen molar-refractivity contribution in [2.75, 3.05) is 40.9 Å². The molecule has 0 aromatic heterocycles. The molecule has 74 valence electrons. The Hall–Kier alpha value is -0.120. The van der Waals surface area contributed by atoms with Crippen molar-refractivity contribution in [2.45, 2.75) is 19.4 Å². The summed E-state index contributed by atoms with van der Waals surface area (Å²) >= 11 is 0. The molecule has 0 amide bonds. The maximum Gasteiger partial charge on any atom is 0.0587 e. The summed E-state index contributed by atoms with van der Waals surface area (Å²) in [6, 6.07) is 0. The normalized spacial score (nSPS) is 12.5. The molecule has 0 saturated heterocycles. The van der Waals surface area contributed by atoms with Gasteiger partial charge in [-0.25, -0.2) is 0 Å². The highest BCUT2D eigenvalue weighted by Gasteiger charge is 2.16. The summed E-state index contributed by atoms with van der Waals surface area (Å²) in [5.74, 6) is 0. The van der Waals surface area contributed by atoms with E-state index in [4.69, 9.17) is 4.74 Å². The van der Waals surface area contributed by atoms with Gasteiger partial charge in [0.05, 0.1) is 6.61 Å². The molecule has 0 aliphatic rings. The number of hydrogen-bond acceptors (Lipinski definition) is 3. The molecule has 1 N–H and O–H groups in total. The summed E-state index contributed by atoms with van der Waals surface area (Å²) in [5.41, 5.74) is 0.169. The molecule has 0 unspecified atom stereocenters. The van der Waals surface area contributed by atoms with E-state index in [1.54, 1.807) is 7.11 Å². The molecule has 0 radical (unpaired) electrons. The molecule has 0 aliphatic carbocycles. The number of methoxy groups -OCH3 is 1. The van der Waals surface area contributed by atoms with Gasteiger partial charge in [0.2, 0.25) is 0 Å². The lowest BCUT2D eigenvalue weighted by Gasteiger charge is -2.29. The van der Waals surface area contributed by atoms with E-state index in [0.29, 0.717) is 0 Å². The molecule has 0 aromatic carbocycles. The fourth-order valence-corrected chi connectivity index (χ4v) is 1.34. The Labute approximate surface area is 76.1 Å². The first-order chi connectivity index (χ1) is 5.48. The quantitative estimate of drug-likeness (QED) is 0.596. The van der Waals surface area contributed by atoms with Gasteiger partial charge in [-0.05, 0) is 27.9 Å². The average molecular weight is 174 g/mol. The van der Waals surface area contributed by atoms with Crippen LogP contribution in [0.5, 0.6) is 0 Å². The maximum absolute atomic E-state index is 4.97. The standard InChI is InChI=1S/C9H22N2O/c1-9(2,8-11(3)4)10-6-7-12-5/h10H,6-8H2,1-5H3. The third kappa shape index (κ3) is 6.58. The van der Waals surface area contributed by atoms with Crippen LogP contribution in [0.4, 0.5) is 0 Å².